The van der Waals surface area contributed by atoms with Crippen molar-refractivity contribution in [1.82, 2.24) is 9.88 Å². The molecule has 0 spiro atoms. The molecule has 1 fully saturated rings. The third-order valence-corrected chi connectivity index (χ3v) is 6.63. The van der Waals surface area contributed by atoms with Gasteiger partial charge in [0.2, 0.25) is 0 Å². The van der Waals surface area contributed by atoms with E-state index in [1.807, 2.05) is 41.8 Å². The molecular weight excluding hydrogens is 449 g/mol. The quantitative estimate of drug-likeness (QED) is 0.485. The zero-order valence-corrected chi connectivity index (χ0v) is 18.8. The van der Waals surface area contributed by atoms with E-state index >= 15 is 0 Å². The lowest BCUT2D eigenvalue weighted by Crippen LogP contribution is -2.42. The summed E-state index contributed by atoms with van der Waals surface area (Å²) < 4.78 is 6.40. The molecule has 0 radical (unpaired) electrons. The topological polar surface area (TPSA) is 45.7 Å². The number of thiazole rings is 1. The van der Waals surface area contributed by atoms with Gasteiger partial charge in [0.25, 0.3) is 5.91 Å². The molecular formula is C20H21Cl2N3O2S2. The SMILES string of the molecule is Cl.O=C(C=Cc1cccs1)N(CCN1CCOCC1)c1nc2ccc(Cl)cc2s1. The second kappa shape index (κ2) is 10.5. The van der Waals surface area contributed by atoms with Gasteiger partial charge in [-0.2, -0.15) is 0 Å². The number of halogens is 2. The third kappa shape index (κ3) is 5.78. The average Bonchev–Trinajstić information content (AvgIpc) is 3.36. The first-order valence-corrected chi connectivity index (χ1v) is 11.2. The smallest absolute Gasteiger partial charge is 0.252 e. The van der Waals surface area contributed by atoms with Gasteiger partial charge in [0.05, 0.1) is 23.4 Å². The van der Waals surface area contributed by atoms with E-state index in [1.54, 1.807) is 22.3 Å². The van der Waals surface area contributed by atoms with Gasteiger partial charge in [-0.1, -0.05) is 29.0 Å². The van der Waals surface area contributed by atoms with Crippen LogP contribution in [-0.2, 0) is 9.53 Å². The number of benzene rings is 1. The molecule has 4 rings (SSSR count). The van der Waals surface area contributed by atoms with Gasteiger partial charge >= 0.3 is 0 Å². The number of rotatable bonds is 6. The van der Waals surface area contributed by atoms with Crippen molar-refractivity contribution in [3.63, 3.8) is 0 Å². The van der Waals surface area contributed by atoms with Crippen LogP contribution in [0.15, 0.2) is 41.8 Å². The molecule has 9 heteroatoms. The highest BCUT2D eigenvalue weighted by molar-refractivity contribution is 7.22. The number of carbonyl (C=O) groups is 1. The van der Waals surface area contributed by atoms with Gasteiger partial charge in [-0.05, 0) is 35.7 Å². The van der Waals surface area contributed by atoms with Crippen molar-refractivity contribution in [2.45, 2.75) is 0 Å². The van der Waals surface area contributed by atoms with E-state index in [-0.39, 0.29) is 18.3 Å². The minimum Gasteiger partial charge on any atom is -0.379 e. The molecule has 0 aliphatic carbocycles. The van der Waals surface area contributed by atoms with Crippen LogP contribution in [0, 0.1) is 0 Å². The fourth-order valence-corrected chi connectivity index (χ4v) is 4.89. The van der Waals surface area contributed by atoms with E-state index in [4.69, 9.17) is 16.3 Å². The van der Waals surface area contributed by atoms with E-state index in [1.165, 1.54) is 11.3 Å². The number of fused-ring (bicyclic) bond motifs is 1. The van der Waals surface area contributed by atoms with E-state index in [9.17, 15) is 4.79 Å². The van der Waals surface area contributed by atoms with Crippen LogP contribution in [0.1, 0.15) is 4.88 Å². The summed E-state index contributed by atoms with van der Waals surface area (Å²) >= 11 is 9.21. The Labute approximate surface area is 189 Å². The molecule has 3 aromatic rings. The highest BCUT2D eigenvalue weighted by atomic mass is 35.5. The molecule has 0 atom stereocenters. The lowest BCUT2D eigenvalue weighted by molar-refractivity contribution is -0.114. The summed E-state index contributed by atoms with van der Waals surface area (Å²) in [5.74, 6) is -0.0631. The number of thiophene rings is 1. The molecule has 0 N–H and O–H groups in total. The van der Waals surface area contributed by atoms with E-state index in [0.717, 1.165) is 47.9 Å². The first-order chi connectivity index (χ1) is 13.7. The lowest BCUT2D eigenvalue weighted by Gasteiger charge is -2.28. The Bertz CT molecular complexity index is 969. The molecule has 29 heavy (non-hydrogen) atoms. The Balaban J connectivity index is 0.00000240. The van der Waals surface area contributed by atoms with Crippen LogP contribution in [0.4, 0.5) is 5.13 Å². The molecule has 1 saturated heterocycles. The molecule has 1 aliphatic rings. The second-order valence-electron chi connectivity index (χ2n) is 6.40. The summed E-state index contributed by atoms with van der Waals surface area (Å²) in [4.78, 5) is 22.8. The molecule has 5 nitrogen and oxygen atoms in total. The van der Waals surface area contributed by atoms with Crippen LogP contribution in [0.3, 0.4) is 0 Å². The minimum atomic E-state index is -0.0631. The van der Waals surface area contributed by atoms with Gasteiger partial charge in [0.1, 0.15) is 0 Å². The minimum absolute atomic E-state index is 0. The highest BCUT2D eigenvalue weighted by Gasteiger charge is 2.20. The molecule has 154 valence electrons. The number of anilines is 1. The highest BCUT2D eigenvalue weighted by Crippen LogP contribution is 2.31. The fourth-order valence-electron chi connectivity index (χ4n) is 3.00. The Morgan fingerprint density at radius 1 is 1.31 bits per heavy atom. The Kier molecular flexibility index (Phi) is 8.06. The van der Waals surface area contributed by atoms with Crippen LogP contribution in [0.2, 0.25) is 5.02 Å². The largest absolute Gasteiger partial charge is 0.379 e. The molecule has 0 bridgehead atoms. The third-order valence-electron chi connectivity index (χ3n) is 4.51. The Hall–Kier alpha value is -1.48. The van der Waals surface area contributed by atoms with Crippen LogP contribution >= 0.6 is 46.7 Å². The molecule has 0 saturated carbocycles. The number of nitrogens with zero attached hydrogens (tertiary/aromatic N) is 3. The van der Waals surface area contributed by atoms with Crippen LogP contribution in [-0.4, -0.2) is 55.2 Å². The predicted octanol–water partition coefficient (Wildman–Crippen LogP) is 4.81. The van der Waals surface area contributed by atoms with Crippen molar-refractivity contribution >= 4 is 74.0 Å². The van der Waals surface area contributed by atoms with Crippen molar-refractivity contribution in [2.75, 3.05) is 44.3 Å². The number of ether oxygens (including phenoxy) is 1. The summed E-state index contributed by atoms with van der Waals surface area (Å²) in [7, 11) is 0. The van der Waals surface area contributed by atoms with Crippen LogP contribution < -0.4 is 4.90 Å². The van der Waals surface area contributed by atoms with Gasteiger partial charge in [0, 0.05) is 42.2 Å². The molecule has 1 aliphatic heterocycles. The molecule has 1 aromatic carbocycles. The normalized spacial score (nSPS) is 14.9. The van der Waals surface area contributed by atoms with Gasteiger partial charge in [-0.15, -0.1) is 23.7 Å². The van der Waals surface area contributed by atoms with Crippen molar-refractivity contribution in [1.29, 1.82) is 0 Å². The monoisotopic (exact) mass is 469 g/mol. The molecule has 1 amide bonds. The van der Waals surface area contributed by atoms with Crippen molar-refractivity contribution in [3.05, 3.63) is 51.7 Å². The number of carbonyl (C=O) groups excluding carboxylic acids is 1. The van der Waals surface area contributed by atoms with E-state index in [2.05, 4.69) is 9.88 Å². The molecule has 2 aromatic heterocycles. The van der Waals surface area contributed by atoms with Gasteiger partial charge < -0.3 is 4.74 Å². The number of morpholine rings is 1. The zero-order valence-electron chi connectivity index (χ0n) is 15.6. The second-order valence-corrected chi connectivity index (χ2v) is 8.83. The standard InChI is InChI=1S/C20H20ClN3O2S2.ClH/c21-15-3-5-17-18(14-15)28-20(22-17)24(8-7-23-9-11-26-12-10-23)19(25)6-4-16-2-1-13-27-16;/h1-6,13-14H,7-12H2;1H. The maximum atomic E-state index is 13.0. The Morgan fingerprint density at radius 3 is 2.90 bits per heavy atom. The Morgan fingerprint density at radius 2 is 2.14 bits per heavy atom. The maximum absolute atomic E-state index is 13.0. The van der Waals surface area contributed by atoms with Crippen LogP contribution in [0.25, 0.3) is 16.3 Å². The first kappa shape index (κ1) is 22.2. The van der Waals surface area contributed by atoms with Crippen molar-refractivity contribution in [3.8, 4) is 0 Å². The summed E-state index contributed by atoms with van der Waals surface area (Å²) in [6.45, 7) is 4.64. The average molecular weight is 470 g/mol. The van der Waals surface area contributed by atoms with Gasteiger partial charge in [0.15, 0.2) is 5.13 Å². The molecule has 3 heterocycles. The molecule has 0 unspecified atom stereocenters. The van der Waals surface area contributed by atoms with Crippen LogP contribution in [0.5, 0.6) is 0 Å². The van der Waals surface area contributed by atoms with Crippen molar-refractivity contribution < 1.29 is 9.53 Å². The summed E-state index contributed by atoms with van der Waals surface area (Å²) in [5, 5.41) is 3.37. The summed E-state index contributed by atoms with van der Waals surface area (Å²) in [6.07, 6.45) is 3.49. The number of amides is 1. The predicted molar refractivity (Wildman–Crippen MR) is 125 cm³/mol. The van der Waals surface area contributed by atoms with Gasteiger partial charge in [-0.25, -0.2) is 4.98 Å². The van der Waals surface area contributed by atoms with E-state index in [0.29, 0.717) is 16.7 Å². The first-order valence-electron chi connectivity index (χ1n) is 9.08. The number of hydrogen-bond acceptors (Lipinski definition) is 6. The lowest BCUT2D eigenvalue weighted by atomic mass is 10.3. The summed E-state index contributed by atoms with van der Waals surface area (Å²) in [6, 6.07) is 9.58. The number of aromatic nitrogens is 1. The van der Waals surface area contributed by atoms with Crippen molar-refractivity contribution in [2.24, 2.45) is 0 Å². The number of hydrogen-bond donors (Lipinski definition) is 0. The fraction of sp³-hybridized carbons (Fsp3) is 0.300. The summed E-state index contributed by atoms with van der Waals surface area (Å²) in [5.41, 5.74) is 0.857. The maximum Gasteiger partial charge on any atom is 0.252 e. The zero-order chi connectivity index (χ0) is 19.3. The van der Waals surface area contributed by atoms with E-state index < -0.39 is 0 Å². The van der Waals surface area contributed by atoms with Gasteiger partial charge in [-0.3, -0.25) is 14.6 Å².